The molecule has 0 amide bonds. The molecule has 1 aromatic rings. The molecule has 2 nitrogen and oxygen atoms in total. The summed E-state index contributed by atoms with van der Waals surface area (Å²) in [5.41, 5.74) is 8.68. The Labute approximate surface area is 112 Å². The van der Waals surface area contributed by atoms with Crippen molar-refractivity contribution in [3.63, 3.8) is 0 Å². The summed E-state index contributed by atoms with van der Waals surface area (Å²) < 4.78 is 0. The lowest BCUT2D eigenvalue weighted by atomic mass is 10.00. The van der Waals surface area contributed by atoms with Crippen molar-refractivity contribution in [1.82, 2.24) is 4.90 Å². The Hall–Kier alpha value is -0.860. The zero-order valence-corrected chi connectivity index (χ0v) is 12.5. The molecule has 0 saturated carbocycles. The van der Waals surface area contributed by atoms with E-state index in [4.69, 9.17) is 5.73 Å². The first-order chi connectivity index (χ1) is 8.36. The van der Waals surface area contributed by atoms with Crippen molar-refractivity contribution in [2.75, 3.05) is 20.1 Å². The van der Waals surface area contributed by atoms with Crippen molar-refractivity contribution in [2.45, 2.75) is 45.6 Å². The minimum absolute atomic E-state index is 0.0812. The molecule has 18 heavy (non-hydrogen) atoms. The average molecular weight is 248 g/mol. The van der Waals surface area contributed by atoms with Gasteiger partial charge in [0.05, 0.1) is 0 Å². The Morgan fingerprint density at radius 1 is 1.17 bits per heavy atom. The first-order valence-corrected chi connectivity index (χ1v) is 6.87. The standard InChI is InChI=1S/C16H28N2/c1-13(2)15-8-6-14(7-9-15)10-11-18(5)16(3,4)12-17/h6-9,13H,10-12,17H2,1-5H3. The zero-order valence-electron chi connectivity index (χ0n) is 12.5. The maximum Gasteiger partial charge on any atom is 0.0272 e. The Morgan fingerprint density at radius 3 is 2.17 bits per heavy atom. The van der Waals surface area contributed by atoms with E-state index in [2.05, 4.69) is 63.9 Å². The minimum Gasteiger partial charge on any atom is -0.329 e. The van der Waals surface area contributed by atoms with Crippen molar-refractivity contribution < 1.29 is 0 Å². The monoisotopic (exact) mass is 248 g/mol. The van der Waals surface area contributed by atoms with Gasteiger partial charge < -0.3 is 5.73 Å². The Bertz CT molecular complexity index is 352. The van der Waals surface area contributed by atoms with Crippen molar-refractivity contribution in [3.05, 3.63) is 35.4 Å². The Balaban J connectivity index is 2.54. The second kappa shape index (κ2) is 6.35. The van der Waals surface area contributed by atoms with Gasteiger partial charge in [-0.15, -0.1) is 0 Å². The fourth-order valence-electron chi connectivity index (χ4n) is 1.82. The van der Waals surface area contributed by atoms with Crippen LogP contribution in [-0.4, -0.2) is 30.6 Å². The number of nitrogens with zero attached hydrogens (tertiary/aromatic N) is 1. The fraction of sp³-hybridized carbons (Fsp3) is 0.625. The SMILES string of the molecule is CC(C)c1ccc(CCN(C)C(C)(C)CN)cc1. The van der Waals surface area contributed by atoms with Crippen LogP contribution in [-0.2, 0) is 6.42 Å². The minimum atomic E-state index is 0.0812. The van der Waals surface area contributed by atoms with Gasteiger partial charge in [-0.05, 0) is 44.4 Å². The Kier molecular flexibility index (Phi) is 5.36. The molecule has 102 valence electrons. The summed E-state index contributed by atoms with van der Waals surface area (Å²) in [4.78, 5) is 2.34. The first-order valence-electron chi connectivity index (χ1n) is 6.87. The predicted octanol–water partition coefficient (Wildman–Crippen LogP) is 3.02. The van der Waals surface area contributed by atoms with Crippen LogP contribution in [0.25, 0.3) is 0 Å². The molecule has 0 aliphatic carbocycles. The second-order valence-electron chi connectivity index (χ2n) is 6.08. The van der Waals surface area contributed by atoms with E-state index in [0.717, 1.165) is 13.0 Å². The molecule has 1 rings (SSSR count). The van der Waals surface area contributed by atoms with Crippen LogP contribution in [0.3, 0.4) is 0 Å². The van der Waals surface area contributed by atoms with Crippen LogP contribution >= 0.6 is 0 Å². The highest BCUT2D eigenvalue weighted by Gasteiger charge is 2.20. The molecule has 2 heteroatoms. The third-order valence-electron chi connectivity index (χ3n) is 3.92. The summed E-state index contributed by atoms with van der Waals surface area (Å²) in [6.07, 6.45) is 1.08. The average Bonchev–Trinajstić information content (AvgIpc) is 2.36. The summed E-state index contributed by atoms with van der Waals surface area (Å²) in [5, 5.41) is 0. The van der Waals surface area contributed by atoms with Crippen molar-refractivity contribution in [3.8, 4) is 0 Å². The maximum absolute atomic E-state index is 5.79. The molecule has 0 fully saturated rings. The number of rotatable bonds is 6. The van der Waals surface area contributed by atoms with Gasteiger partial charge in [-0.2, -0.15) is 0 Å². The third-order valence-corrected chi connectivity index (χ3v) is 3.92. The van der Waals surface area contributed by atoms with Gasteiger partial charge in [0.25, 0.3) is 0 Å². The van der Waals surface area contributed by atoms with Gasteiger partial charge in [-0.25, -0.2) is 0 Å². The normalized spacial score (nSPS) is 12.4. The lowest BCUT2D eigenvalue weighted by Gasteiger charge is -2.34. The van der Waals surface area contributed by atoms with Crippen LogP contribution in [0.1, 0.15) is 44.7 Å². The molecule has 0 unspecified atom stereocenters. The quantitative estimate of drug-likeness (QED) is 0.838. The lowest BCUT2D eigenvalue weighted by Crippen LogP contribution is -2.47. The van der Waals surface area contributed by atoms with Gasteiger partial charge in [0, 0.05) is 18.6 Å². The van der Waals surface area contributed by atoms with E-state index in [0.29, 0.717) is 12.5 Å². The van der Waals surface area contributed by atoms with E-state index in [9.17, 15) is 0 Å². The summed E-state index contributed by atoms with van der Waals surface area (Å²) >= 11 is 0. The molecule has 0 aliphatic rings. The van der Waals surface area contributed by atoms with E-state index in [1.54, 1.807) is 0 Å². The molecule has 0 spiro atoms. The van der Waals surface area contributed by atoms with Gasteiger partial charge in [0.15, 0.2) is 0 Å². The highest BCUT2D eigenvalue weighted by molar-refractivity contribution is 5.24. The van der Waals surface area contributed by atoms with E-state index in [-0.39, 0.29) is 5.54 Å². The van der Waals surface area contributed by atoms with Gasteiger partial charge in [-0.3, -0.25) is 4.90 Å². The number of benzene rings is 1. The van der Waals surface area contributed by atoms with Crippen molar-refractivity contribution >= 4 is 0 Å². The molecule has 0 atom stereocenters. The summed E-state index contributed by atoms with van der Waals surface area (Å²) in [6, 6.07) is 8.99. The number of hydrogen-bond acceptors (Lipinski definition) is 2. The molecule has 0 aromatic heterocycles. The van der Waals surface area contributed by atoms with Crippen LogP contribution in [0.2, 0.25) is 0 Å². The fourth-order valence-corrected chi connectivity index (χ4v) is 1.82. The predicted molar refractivity (Wildman–Crippen MR) is 80.0 cm³/mol. The molecule has 0 radical (unpaired) electrons. The molecule has 0 saturated heterocycles. The number of likely N-dealkylation sites (N-methyl/N-ethyl adjacent to an activating group) is 1. The van der Waals surface area contributed by atoms with Crippen LogP contribution in [0.15, 0.2) is 24.3 Å². The van der Waals surface area contributed by atoms with Crippen LogP contribution in [0.5, 0.6) is 0 Å². The molecule has 0 heterocycles. The topological polar surface area (TPSA) is 29.3 Å². The maximum atomic E-state index is 5.79. The largest absolute Gasteiger partial charge is 0.329 e. The summed E-state index contributed by atoms with van der Waals surface area (Å²) in [5.74, 6) is 0.609. The van der Waals surface area contributed by atoms with Crippen molar-refractivity contribution in [1.29, 1.82) is 0 Å². The molecule has 1 aromatic carbocycles. The number of hydrogen-bond donors (Lipinski definition) is 1. The van der Waals surface area contributed by atoms with E-state index >= 15 is 0 Å². The highest BCUT2D eigenvalue weighted by atomic mass is 15.2. The van der Waals surface area contributed by atoms with E-state index in [1.165, 1.54) is 11.1 Å². The molecular weight excluding hydrogens is 220 g/mol. The number of nitrogens with two attached hydrogens (primary N) is 1. The molecular formula is C16H28N2. The van der Waals surface area contributed by atoms with Crippen molar-refractivity contribution in [2.24, 2.45) is 5.73 Å². The van der Waals surface area contributed by atoms with E-state index < -0.39 is 0 Å². The van der Waals surface area contributed by atoms with Crippen LogP contribution < -0.4 is 5.73 Å². The van der Waals surface area contributed by atoms with Crippen LogP contribution in [0.4, 0.5) is 0 Å². The highest BCUT2D eigenvalue weighted by Crippen LogP contribution is 2.16. The van der Waals surface area contributed by atoms with Gasteiger partial charge in [0.1, 0.15) is 0 Å². The van der Waals surface area contributed by atoms with Gasteiger partial charge >= 0.3 is 0 Å². The summed E-state index contributed by atoms with van der Waals surface area (Å²) in [7, 11) is 2.15. The molecule has 0 bridgehead atoms. The smallest absolute Gasteiger partial charge is 0.0272 e. The molecule has 2 N–H and O–H groups in total. The van der Waals surface area contributed by atoms with Gasteiger partial charge in [-0.1, -0.05) is 38.1 Å². The van der Waals surface area contributed by atoms with Gasteiger partial charge in [0.2, 0.25) is 0 Å². The summed E-state index contributed by atoms with van der Waals surface area (Å²) in [6.45, 7) is 10.6. The van der Waals surface area contributed by atoms with E-state index in [1.807, 2.05) is 0 Å². The molecule has 0 aliphatic heterocycles. The van der Waals surface area contributed by atoms with Crippen LogP contribution in [0, 0.1) is 0 Å². The lowest BCUT2D eigenvalue weighted by molar-refractivity contribution is 0.166. The third kappa shape index (κ3) is 4.11. The first kappa shape index (κ1) is 15.2. The zero-order chi connectivity index (χ0) is 13.8. The second-order valence-corrected chi connectivity index (χ2v) is 6.08. The Morgan fingerprint density at radius 2 is 1.72 bits per heavy atom.